The van der Waals surface area contributed by atoms with Gasteiger partial charge in [-0.1, -0.05) is 11.6 Å². The predicted octanol–water partition coefficient (Wildman–Crippen LogP) is 4.91. The van der Waals surface area contributed by atoms with Gasteiger partial charge in [-0.2, -0.15) is 0 Å². The zero-order valence-electron chi connectivity index (χ0n) is 16.5. The van der Waals surface area contributed by atoms with Crippen LogP contribution in [0.25, 0.3) is 10.2 Å². The normalized spacial score (nSPS) is 16.4. The van der Waals surface area contributed by atoms with E-state index in [1.165, 1.54) is 16.5 Å². The minimum atomic E-state index is -0.431. The highest BCUT2D eigenvalue weighted by Gasteiger charge is 2.26. The van der Waals surface area contributed by atoms with E-state index in [1.807, 2.05) is 0 Å². The number of ether oxygens (including phenoxy) is 1. The second kappa shape index (κ2) is 8.92. The van der Waals surface area contributed by atoms with Crippen LogP contribution < -0.4 is 5.32 Å². The molecule has 1 aliphatic rings. The van der Waals surface area contributed by atoms with Crippen molar-refractivity contribution in [1.82, 2.24) is 14.9 Å². The monoisotopic (exact) mass is 434 g/mol. The van der Waals surface area contributed by atoms with E-state index >= 15 is 0 Å². The average Bonchev–Trinajstić information content (AvgIpc) is 3.08. The molecule has 1 unspecified atom stereocenters. The summed E-state index contributed by atoms with van der Waals surface area (Å²) in [5.74, 6) is 0.961. The molecular weight excluding hydrogens is 411 g/mol. The fraction of sp³-hybridized carbons (Fsp3) is 0.429. The van der Waals surface area contributed by atoms with E-state index in [1.54, 1.807) is 36.9 Å². The Kier molecular flexibility index (Phi) is 6.29. The Morgan fingerprint density at radius 3 is 3.03 bits per heavy atom. The summed E-state index contributed by atoms with van der Waals surface area (Å²) in [6.07, 6.45) is 4.81. The van der Waals surface area contributed by atoms with Crippen LogP contribution in [0.5, 0.6) is 0 Å². The largest absolute Gasteiger partial charge is 0.383 e. The van der Waals surface area contributed by atoms with Gasteiger partial charge in [0.05, 0.1) is 17.0 Å². The third-order valence-corrected chi connectivity index (χ3v) is 6.83. The van der Waals surface area contributed by atoms with E-state index in [2.05, 4.69) is 27.2 Å². The van der Waals surface area contributed by atoms with Crippen molar-refractivity contribution in [3.05, 3.63) is 45.8 Å². The predicted molar refractivity (Wildman–Crippen MR) is 117 cm³/mol. The molecule has 154 valence electrons. The third-order valence-electron chi connectivity index (χ3n) is 5.38. The number of methoxy groups -OCH3 is 1. The molecule has 8 heteroatoms. The molecule has 0 amide bonds. The van der Waals surface area contributed by atoms with Crippen molar-refractivity contribution >= 4 is 44.7 Å². The lowest BCUT2D eigenvalue weighted by atomic mass is 9.87. The summed E-state index contributed by atoms with van der Waals surface area (Å²) in [7, 11) is 3.89. The first-order valence-electron chi connectivity index (χ1n) is 9.70. The first-order valence-corrected chi connectivity index (χ1v) is 10.9. The Balaban J connectivity index is 1.56. The molecule has 1 aromatic carbocycles. The quantitative estimate of drug-likeness (QED) is 0.572. The Morgan fingerprint density at radius 1 is 1.38 bits per heavy atom. The van der Waals surface area contributed by atoms with Gasteiger partial charge in [0.1, 0.15) is 22.8 Å². The van der Waals surface area contributed by atoms with Crippen molar-refractivity contribution in [3.8, 4) is 0 Å². The standard InChI is InChI=1S/C21H24ClFN4OS/c1-27(7-8-28-2)11-13-3-5-15-18(9-13)29-21-19(15)20(24-12-25-21)26-14-4-6-17(23)16(22)10-14/h4,6,10,12-13H,3,5,7-9,11H2,1-2H3,(H,24,25,26). The maximum atomic E-state index is 13.5. The molecule has 3 aromatic rings. The molecule has 2 heterocycles. The number of nitrogens with one attached hydrogen (secondary N) is 1. The number of hydrogen-bond acceptors (Lipinski definition) is 6. The van der Waals surface area contributed by atoms with Crippen LogP contribution in [0, 0.1) is 11.7 Å². The molecule has 0 aliphatic heterocycles. The number of aromatic nitrogens is 2. The molecule has 1 aliphatic carbocycles. The Labute approximate surface area is 178 Å². The Morgan fingerprint density at radius 2 is 2.24 bits per heavy atom. The molecule has 2 aromatic heterocycles. The SMILES string of the molecule is COCCN(C)CC1CCc2c(sc3ncnc(Nc4ccc(F)c(Cl)c4)c23)C1. The van der Waals surface area contributed by atoms with Crippen molar-refractivity contribution in [2.45, 2.75) is 19.3 Å². The first-order chi connectivity index (χ1) is 14.0. The maximum Gasteiger partial charge on any atom is 0.142 e. The minimum Gasteiger partial charge on any atom is -0.383 e. The fourth-order valence-corrected chi connectivity index (χ4v) is 5.40. The summed E-state index contributed by atoms with van der Waals surface area (Å²) < 4.78 is 18.7. The number of thiophene rings is 1. The summed E-state index contributed by atoms with van der Waals surface area (Å²) >= 11 is 7.68. The van der Waals surface area contributed by atoms with Gasteiger partial charge >= 0.3 is 0 Å². The highest BCUT2D eigenvalue weighted by Crippen LogP contribution is 2.40. The lowest BCUT2D eigenvalue weighted by Gasteiger charge is -2.27. The summed E-state index contributed by atoms with van der Waals surface area (Å²) in [5.41, 5.74) is 2.06. The second-order valence-corrected chi connectivity index (χ2v) is 9.01. The van der Waals surface area contributed by atoms with Crippen LogP contribution in [-0.2, 0) is 17.6 Å². The molecule has 4 rings (SSSR count). The number of rotatable bonds is 7. The fourth-order valence-electron chi connectivity index (χ4n) is 3.92. The number of hydrogen-bond donors (Lipinski definition) is 1. The maximum absolute atomic E-state index is 13.5. The van der Waals surface area contributed by atoms with E-state index in [-0.39, 0.29) is 5.02 Å². The molecular formula is C21H24ClFN4OS. The Bertz CT molecular complexity index is 1010. The number of anilines is 2. The van der Waals surface area contributed by atoms with Crippen LogP contribution in [-0.4, -0.2) is 48.7 Å². The van der Waals surface area contributed by atoms with Gasteiger partial charge in [-0.05, 0) is 56.0 Å². The van der Waals surface area contributed by atoms with Gasteiger partial charge in [-0.15, -0.1) is 11.3 Å². The summed E-state index contributed by atoms with van der Waals surface area (Å²) in [4.78, 5) is 13.7. The van der Waals surface area contributed by atoms with E-state index in [4.69, 9.17) is 16.3 Å². The van der Waals surface area contributed by atoms with Crippen molar-refractivity contribution < 1.29 is 9.13 Å². The first kappa shape index (κ1) is 20.5. The smallest absolute Gasteiger partial charge is 0.142 e. The molecule has 0 bridgehead atoms. The molecule has 0 fully saturated rings. The van der Waals surface area contributed by atoms with Crippen molar-refractivity contribution in [2.75, 3.05) is 39.2 Å². The number of nitrogens with zero attached hydrogens (tertiary/aromatic N) is 3. The van der Waals surface area contributed by atoms with Crippen molar-refractivity contribution in [2.24, 2.45) is 5.92 Å². The van der Waals surface area contributed by atoms with Gasteiger partial charge in [-0.3, -0.25) is 0 Å². The van der Waals surface area contributed by atoms with Gasteiger partial charge in [-0.25, -0.2) is 14.4 Å². The Hall–Kier alpha value is -1.80. The van der Waals surface area contributed by atoms with E-state index < -0.39 is 5.82 Å². The van der Waals surface area contributed by atoms with E-state index in [0.717, 1.165) is 55.0 Å². The molecule has 29 heavy (non-hydrogen) atoms. The van der Waals surface area contributed by atoms with Crippen LogP contribution in [0.1, 0.15) is 16.9 Å². The lowest BCUT2D eigenvalue weighted by Crippen LogP contribution is -2.31. The highest BCUT2D eigenvalue weighted by atomic mass is 35.5. The van der Waals surface area contributed by atoms with Gasteiger partial charge in [0.15, 0.2) is 0 Å². The number of benzene rings is 1. The van der Waals surface area contributed by atoms with E-state index in [0.29, 0.717) is 11.6 Å². The molecule has 5 nitrogen and oxygen atoms in total. The zero-order chi connectivity index (χ0) is 20.4. The topological polar surface area (TPSA) is 50.3 Å². The summed E-state index contributed by atoms with van der Waals surface area (Å²) in [6.45, 7) is 2.78. The minimum absolute atomic E-state index is 0.0908. The molecule has 0 saturated carbocycles. The second-order valence-electron chi connectivity index (χ2n) is 7.52. The molecule has 0 spiro atoms. The van der Waals surface area contributed by atoms with Gasteiger partial charge in [0.2, 0.25) is 0 Å². The van der Waals surface area contributed by atoms with Crippen LogP contribution >= 0.6 is 22.9 Å². The number of aryl methyl sites for hydroxylation is 1. The molecule has 1 N–H and O–H groups in total. The highest BCUT2D eigenvalue weighted by molar-refractivity contribution is 7.19. The van der Waals surface area contributed by atoms with Crippen molar-refractivity contribution in [1.29, 1.82) is 0 Å². The molecule has 0 radical (unpaired) electrons. The summed E-state index contributed by atoms with van der Waals surface area (Å²) in [5, 5.41) is 4.47. The van der Waals surface area contributed by atoms with Crippen LogP contribution in [0.4, 0.5) is 15.9 Å². The lowest BCUT2D eigenvalue weighted by molar-refractivity contribution is 0.150. The van der Waals surface area contributed by atoms with Gasteiger partial charge in [0.25, 0.3) is 0 Å². The van der Waals surface area contributed by atoms with Gasteiger partial charge in [0, 0.05) is 30.8 Å². The number of likely N-dealkylation sites (N-methyl/N-ethyl adjacent to an activating group) is 1. The molecule has 0 saturated heterocycles. The van der Waals surface area contributed by atoms with Crippen LogP contribution in [0.2, 0.25) is 5.02 Å². The third kappa shape index (κ3) is 4.53. The van der Waals surface area contributed by atoms with Gasteiger partial charge < -0.3 is 15.0 Å². The van der Waals surface area contributed by atoms with Crippen LogP contribution in [0.3, 0.4) is 0 Å². The number of fused-ring (bicyclic) bond motifs is 3. The molecule has 1 atom stereocenters. The average molecular weight is 435 g/mol. The van der Waals surface area contributed by atoms with Crippen molar-refractivity contribution in [3.63, 3.8) is 0 Å². The number of halogens is 2. The zero-order valence-corrected chi connectivity index (χ0v) is 18.1. The van der Waals surface area contributed by atoms with E-state index in [9.17, 15) is 4.39 Å². The summed E-state index contributed by atoms with van der Waals surface area (Å²) in [6, 6.07) is 4.60. The van der Waals surface area contributed by atoms with Crippen LogP contribution in [0.15, 0.2) is 24.5 Å².